The second-order valence-corrected chi connectivity index (χ2v) is 4.10. The molecule has 1 aromatic rings. The zero-order valence-electron chi connectivity index (χ0n) is 11.8. The van der Waals surface area contributed by atoms with Crippen LogP contribution in [0.15, 0.2) is 18.2 Å². The van der Waals surface area contributed by atoms with Crippen LogP contribution >= 0.6 is 0 Å². The third-order valence-electron chi connectivity index (χ3n) is 2.40. The van der Waals surface area contributed by atoms with Gasteiger partial charge in [0.25, 0.3) is 0 Å². The molecule has 1 atom stereocenters. The van der Waals surface area contributed by atoms with Crippen molar-refractivity contribution in [3.8, 4) is 11.5 Å². The quantitative estimate of drug-likeness (QED) is 0.604. The Bertz CT molecular complexity index is 534. The summed E-state index contributed by atoms with van der Waals surface area (Å²) in [5.74, 6) is -0.861. The van der Waals surface area contributed by atoms with Gasteiger partial charge in [-0.25, -0.2) is 0 Å². The van der Waals surface area contributed by atoms with Gasteiger partial charge in [0.2, 0.25) is 0 Å². The Balaban J connectivity index is 3.15. The maximum absolute atomic E-state index is 11.5. The maximum Gasteiger partial charge on any atom is 0.308 e. The topological polar surface area (TPSA) is 78.9 Å². The average Bonchev–Trinajstić information content (AvgIpc) is 2.35. The van der Waals surface area contributed by atoms with Crippen molar-refractivity contribution in [3.05, 3.63) is 23.8 Å². The Kier molecular flexibility index (Phi) is 5.25. The first-order chi connectivity index (χ1) is 9.35. The number of methoxy groups -OCH3 is 1. The van der Waals surface area contributed by atoms with Gasteiger partial charge in [0.1, 0.15) is 0 Å². The van der Waals surface area contributed by atoms with Crippen molar-refractivity contribution < 1.29 is 28.6 Å². The average molecular weight is 280 g/mol. The molecule has 0 saturated carbocycles. The number of ketones is 1. The molecule has 0 bridgehead atoms. The van der Waals surface area contributed by atoms with E-state index in [9.17, 15) is 14.4 Å². The SMILES string of the molecule is COc1cc(C(OC(C)=O)C(C)=O)ccc1OC(C)=O. The lowest BCUT2D eigenvalue weighted by Gasteiger charge is -2.16. The van der Waals surface area contributed by atoms with Gasteiger partial charge in [0, 0.05) is 19.4 Å². The summed E-state index contributed by atoms with van der Waals surface area (Å²) in [5, 5.41) is 0. The van der Waals surface area contributed by atoms with E-state index in [2.05, 4.69) is 0 Å². The van der Waals surface area contributed by atoms with Gasteiger partial charge in [-0.15, -0.1) is 0 Å². The third kappa shape index (κ3) is 4.08. The highest BCUT2D eigenvalue weighted by Gasteiger charge is 2.22. The molecule has 1 rings (SSSR count). The summed E-state index contributed by atoms with van der Waals surface area (Å²) in [6, 6.07) is 4.51. The molecule has 0 heterocycles. The lowest BCUT2D eigenvalue weighted by atomic mass is 10.1. The Hall–Kier alpha value is -2.37. The van der Waals surface area contributed by atoms with Gasteiger partial charge in [0.05, 0.1) is 7.11 Å². The van der Waals surface area contributed by atoms with E-state index in [0.29, 0.717) is 5.56 Å². The molecule has 0 spiro atoms. The fourth-order valence-corrected chi connectivity index (χ4v) is 1.64. The molecule has 0 aliphatic rings. The molecule has 0 aliphatic carbocycles. The van der Waals surface area contributed by atoms with Crippen molar-refractivity contribution in [2.75, 3.05) is 7.11 Å². The van der Waals surface area contributed by atoms with E-state index in [0.717, 1.165) is 0 Å². The van der Waals surface area contributed by atoms with Crippen molar-refractivity contribution in [2.45, 2.75) is 26.9 Å². The monoisotopic (exact) mass is 280 g/mol. The molecule has 0 aliphatic heterocycles. The normalized spacial score (nSPS) is 11.4. The van der Waals surface area contributed by atoms with Gasteiger partial charge in [-0.1, -0.05) is 6.07 Å². The molecule has 6 heteroatoms. The maximum atomic E-state index is 11.5. The molecule has 0 fully saturated rings. The van der Waals surface area contributed by atoms with E-state index in [1.807, 2.05) is 0 Å². The van der Waals surface area contributed by atoms with E-state index in [-0.39, 0.29) is 17.3 Å². The molecule has 0 saturated heterocycles. The van der Waals surface area contributed by atoms with Crippen LogP contribution < -0.4 is 9.47 Å². The second-order valence-electron chi connectivity index (χ2n) is 4.10. The summed E-state index contributed by atoms with van der Waals surface area (Å²) < 4.78 is 15.0. The fourth-order valence-electron chi connectivity index (χ4n) is 1.64. The standard InChI is InChI=1S/C14H16O6/c1-8(15)14(20-10(3)17)11-5-6-12(19-9(2)16)13(7-11)18-4/h5-7,14H,1-4H3. The van der Waals surface area contributed by atoms with Crippen LogP contribution in [0, 0.1) is 0 Å². The number of Topliss-reactive ketones (excluding diaryl/α,β-unsaturated/α-hetero) is 1. The van der Waals surface area contributed by atoms with Crippen molar-refractivity contribution >= 4 is 17.7 Å². The zero-order valence-corrected chi connectivity index (χ0v) is 11.8. The number of benzene rings is 1. The molecule has 20 heavy (non-hydrogen) atoms. The minimum Gasteiger partial charge on any atom is -0.493 e. The van der Waals surface area contributed by atoms with Crippen LogP contribution in [0.2, 0.25) is 0 Å². The van der Waals surface area contributed by atoms with E-state index < -0.39 is 18.0 Å². The molecule has 0 N–H and O–H groups in total. The van der Waals surface area contributed by atoms with Gasteiger partial charge in [0.15, 0.2) is 23.4 Å². The number of rotatable bonds is 5. The smallest absolute Gasteiger partial charge is 0.308 e. The second kappa shape index (κ2) is 6.70. The summed E-state index contributed by atoms with van der Waals surface area (Å²) in [6.45, 7) is 3.81. The predicted octanol–water partition coefficient (Wildman–Crippen LogP) is 1.81. The zero-order chi connectivity index (χ0) is 15.3. The molecule has 0 aromatic heterocycles. The molecular formula is C14H16O6. The van der Waals surface area contributed by atoms with Crippen LogP contribution in [0.4, 0.5) is 0 Å². The van der Waals surface area contributed by atoms with Gasteiger partial charge in [-0.05, 0) is 19.1 Å². The van der Waals surface area contributed by atoms with Gasteiger partial charge >= 0.3 is 11.9 Å². The van der Waals surface area contributed by atoms with Crippen LogP contribution in [0.3, 0.4) is 0 Å². The largest absolute Gasteiger partial charge is 0.493 e. The lowest BCUT2D eigenvalue weighted by molar-refractivity contribution is -0.152. The van der Waals surface area contributed by atoms with Crippen molar-refractivity contribution in [2.24, 2.45) is 0 Å². The Morgan fingerprint density at radius 2 is 1.65 bits per heavy atom. The molecule has 1 unspecified atom stereocenters. The Labute approximate surface area is 116 Å². The molecule has 6 nitrogen and oxygen atoms in total. The van der Waals surface area contributed by atoms with Crippen LogP contribution in [0.5, 0.6) is 11.5 Å². The van der Waals surface area contributed by atoms with E-state index in [1.165, 1.54) is 46.1 Å². The Morgan fingerprint density at radius 3 is 2.10 bits per heavy atom. The van der Waals surface area contributed by atoms with E-state index in [4.69, 9.17) is 14.2 Å². The van der Waals surface area contributed by atoms with Crippen LogP contribution in [0.1, 0.15) is 32.4 Å². The predicted molar refractivity (Wildman–Crippen MR) is 69.5 cm³/mol. The summed E-state index contributed by atoms with van der Waals surface area (Å²) in [7, 11) is 1.40. The first-order valence-electron chi connectivity index (χ1n) is 5.89. The minimum atomic E-state index is -1.01. The molecule has 0 radical (unpaired) electrons. The van der Waals surface area contributed by atoms with E-state index >= 15 is 0 Å². The number of esters is 2. The summed E-state index contributed by atoms with van der Waals surface area (Å²) >= 11 is 0. The number of carbonyl (C=O) groups excluding carboxylic acids is 3. The first kappa shape index (κ1) is 15.7. The van der Waals surface area contributed by atoms with Crippen LogP contribution in [-0.2, 0) is 19.1 Å². The first-order valence-corrected chi connectivity index (χ1v) is 5.89. The van der Waals surface area contributed by atoms with Crippen molar-refractivity contribution in [1.82, 2.24) is 0 Å². The minimum absolute atomic E-state index is 0.230. The third-order valence-corrected chi connectivity index (χ3v) is 2.40. The number of hydrogen-bond acceptors (Lipinski definition) is 6. The van der Waals surface area contributed by atoms with Crippen molar-refractivity contribution in [3.63, 3.8) is 0 Å². The summed E-state index contributed by atoms with van der Waals surface area (Å²) in [5.41, 5.74) is 0.445. The van der Waals surface area contributed by atoms with Gasteiger partial charge < -0.3 is 14.2 Å². The molecule has 1 aromatic carbocycles. The highest BCUT2D eigenvalue weighted by Crippen LogP contribution is 2.31. The molecule has 0 amide bonds. The van der Waals surface area contributed by atoms with Crippen molar-refractivity contribution in [1.29, 1.82) is 0 Å². The fraction of sp³-hybridized carbons (Fsp3) is 0.357. The number of carbonyl (C=O) groups is 3. The molecule has 108 valence electrons. The van der Waals surface area contributed by atoms with Crippen LogP contribution in [0.25, 0.3) is 0 Å². The molecular weight excluding hydrogens is 264 g/mol. The van der Waals surface area contributed by atoms with Crippen LogP contribution in [-0.4, -0.2) is 24.8 Å². The highest BCUT2D eigenvalue weighted by molar-refractivity contribution is 5.84. The number of ether oxygens (including phenoxy) is 3. The highest BCUT2D eigenvalue weighted by atomic mass is 16.6. The lowest BCUT2D eigenvalue weighted by Crippen LogP contribution is -2.16. The van der Waals surface area contributed by atoms with E-state index in [1.54, 1.807) is 0 Å². The van der Waals surface area contributed by atoms with Gasteiger partial charge in [-0.3, -0.25) is 14.4 Å². The summed E-state index contributed by atoms with van der Waals surface area (Å²) in [4.78, 5) is 33.5. The Morgan fingerprint density at radius 1 is 1.00 bits per heavy atom. The van der Waals surface area contributed by atoms with Gasteiger partial charge in [-0.2, -0.15) is 0 Å². The number of hydrogen-bond donors (Lipinski definition) is 0. The summed E-state index contributed by atoms with van der Waals surface area (Å²) in [6.07, 6.45) is -1.01.